The molecule has 0 saturated carbocycles. The highest BCUT2D eigenvalue weighted by Gasteiger charge is 2.01. The molecule has 23 heavy (non-hydrogen) atoms. The fraction of sp³-hybridized carbons (Fsp3) is 0.632. The number of alkyl carbamates (subject to hydrolysis) is 1. The summed E-state index contributed by atoms with van der Waals surface area (Å²) in [7, 11) is 0. The van der Waals surface area contributed by atoms with E-state index < -0.39 is 0 Å². The van der Waals surface area contributed by atoms with E-state index in [1.807, 2.05) is 30.3 Å². The van der Waals surface area contributed by atoms with Gasteiger partial charge in [0.15, 0.2) is 0 Å². The Hall–Kier alpha value is -1.55. The highest BCUT2D eigenvalue weighted by atomic mass is 16.5. The molecule has 1 rings (SSSR count). The van der Waals surface area contributed by atoms with Crippen molar-refractivity contribution >= 4 is 6.09 Å². The topological polar surface area (TPSA) is 58.6 Å². The van der Waals surface area contributed by atoms with Gasteiger partial charge in [-0.1, -0.05) is 75.3 Å². The molecule has 0 heterocycles. The summed E-state index contributed by atoms with van der Waals surface area (Å²) in [5.74, 6) is 0. The number of ether oxygens (including phenoxy) is 1. The number of aliphatic hydroxyl groups is 1. The van der Waals surface area contributed by atoms with E-state index in [9.17, 15) is 4.79 Å². The van der Waals surface area contributed by atoms with Crippen LogP contribution in [0.15, 0.2) is 30.3 Å². The first kappa shape index (κ1) is 19.5. The lowest BCUT2D eigenvalue weighted by molar-refractivity contribution is 0.139. The second-order valence-corrected chi connectivity index (χ2v) is 5.89. The molecule has 0 radical (unpaired) electrons. The van der Waals surface area contributed by atoms with Gasteiger partial charge in [0.1, 0.15) is 6.61 Å². The molecule has 1 aromatic carbocycles. The van der Waals surface area contributed by atoms with Crippen LogP contribution < -0.4 is 5.32 Å². The molecule has 1 amide bonds. The van der Waals surface area contributed by atoms with Crippen molar-refractivity contribution in [2.24, 2.45) is 0 Å². The number of rotatable bonds is 13. The van der Waals surface area contributed by atoms with Crippen molar-refractivity contribution in [3.63, 3.8) is 0 Å². The third kappa shape index (κ3) is 11.6. The van der Waals surface area contributed by atoms with E-state index in [-0.39, 0.29) is 6.09 Å². The Kier molecular flexibility index (Phi) is 11.9. The van der Waals surface area contributed by atoms with Crippen LogP contribution in [0, 0.1) is 0 Å². The molecule has 0 fully saturated rings. The van der Waals surface area contributed by atoms with Gasteiger partial charge in [0.05, 0.1) is 0 Å². The van der Waals surface area contributed by atoms with Crippen molar-refractivity contribution < 1.29 is 14.6 Å². The summed E-state index contributed by atoms with van der Waals surface area (Å²) in [6.45, 7) is 1.33. The van der Waals surface area contributed by atoms with Crippen molar-refractivity contribution in [1.82, 2.24) is 5.32 Å². The zero-order chi connectivity index (χ0) is 16.6. The van der Waals surface area contributed by atoms with Crippen LogP contribution in [-0.4, -0.2) is 24.4 Å². The lowest BCUT2D eigenvalue weighted by atomic mass is 10.1. The van der Waals surface area contributed by atoms with E-state index in [0.29, 0.717) is 19.8 Å². The minimum atomic E-state index is -0.335. The lowest BCUT2D eigenvalue weighted by Gasteiger charge is -2.07. The third-order valence-electron chi connectivity index (χ3n) is 3.82. The molecule has 2 N–H and O–H groups in total. The highest BCUT2D eigenvalue weighted by Crippen LogP contribution is 2.09. The first-order chi connectivity index (χ1) is 11.3. The van der Waals surface area contributed by atoms with Gasteiger partial charge < -0.3 is 15.2 Å². The molecule has 0 atom stereocenters. The highest BCUT2D eigenvalue weighted by molar-refractivity contribution is 5.67. The fourth-order valence-corrected chi connectivity index (χ4v) is 2.44. The largest absolute Gasteiger partial charge is 0.445 e. The molecule has 0 aliphatic rings. The number of carbonyl (C=O) groups is 1. The Balaban J connectivity index is 1.84. The van der Waals surface area contributed by atoms with Gasteiger partial charge in [0.25, 0.3) is 0 Å². The normalized spacial score (nSPS) is 10.5. The van der Waals surface area contributed by atoms with Crippen LogP contribution in [0.25, 0.3) is 0 Å². The van der Waals surface area contributed by atoms with Gasteiger partial charge in [0, 0.05) is 13.2 Å². The average Bonchev–Trinajstić information content (AvgIpc) is 2.59. The van der Waals surface area contributed by atoms with E-state index in [2.05, 4.69) is 5.32 Å². The summed E-state index contributed by atoms with van der Waals surface area (Å²) in [5, 5.41) is 11.5. The van der Waals surface area contributed by atoms with E-state index in [4.69, 9.17) is 9.84 Å². The zero-order valence-electron chi connectivity index (χ0n) is 14.1. The maximum atomic E-state index is 11.5. The molecule has 0 aliphatic heterocycles. The van der Waals surface area contributed by atoms with Crippen molar-refractivity contribution in [2.45, 2.75) is 64.4 Å². The monoisotopic (exact) mass is 321 g/mol. The summed E-state index contributed by atoms with van der Waals surface area (Å²) in [6, 6.07) is 9.69. The van der Waals surface area contributed by atoms with Crippen LogP contribution in [0.5, 0.6) is 0 Å². The Bertz CT molecular complexity index is 395. The number of carbonyl (C=O) groups excluding carboxylic acids is 1. The number of benzene rings is 1. The molecule has 0 saturated heterocycles. The quantitative estimate of drug-likeness (QED) is 0.529. The Morgan fingerprint density at radius 2 is 1.43 bits per heavy atom. The summed E-state index contributed by atoms with van der Waals surface area (Å²) in [6.07, 6.45) is 10.2. The maximum absolute atomic E-state index is 11.5. The molecule has 4 heteroatoms. The standard InChI is InChI=1S/C19H31NO3/c21-16-12-7-5-3-1-2-4-6-11-15-20-19(22)23-17-18-13-9-8-10-14-18/h8-10,13-14,21H,1-7,11-12,15-17H2,(H,20,22). The summed E-state index contributed by atoms with van der Waals surface area (Å²) in [4.78, 5) is 11.5. The van der Waals surface area contributed by atoms with Crippen LogP contribution in [0.4, 0.5) is 4.79 Å². The predicted molar refractivity (Wildman–Crippen MR) is 93.3 cm³/mol. The summed E-state index contributed by atoms with van der Waals surface area (Å²) in [5.41, 5.74) is 1.00. The molecule has 130 valence electrons. The van der Waals surface area contributed by atoms with Crippen LogP contribution >= 0.6 is 0 Å². The van der Waals surface area contributed by atoms with Crippen molar-refractivity contribution in [1.29, 1.82) is 0 Å². The van der Waals surface area contributed by atoms with E-state index in [1.54, 1.807) is 0 Å². The average molecular weight is 321 g/mol. The molecular weight excluding hydrogens is 290 g/mol. The van der Waals surface area contributed by atoms with E-state index in [0.717, 1.165) is 31.2 Å². The van der Waals surface area contributed by atoms with Gasteiger partial charge >= 0.3 is 6.09 Å². The molecule has 1 aromatic rings. The molecule has 0 unspecified atom stereocenters. The van der Waals surface area contributed by atoms with Crippen LogP contribution in [0.3, 0.4) is 0 Å². The Morgan fingerprint density at radius 3 is 2.04 bits per heavy atom. The molecule has 0 aromatic heterocycles. The second kappa shape index (κ2) is 14.1. The molecule has 0 bridgehead atoms. The molecular formula is C19H31NO3. The van der Waals surface area contributed by atoms with Gasteiger partial charge in [-0.2, -0.15) is 0 Å². The maximum Gasteiger partial charge on any atom is 0.407 e. The van der Waals surface area contributed by atoms with Gasteiger partial charge in [0.2, 0.25) is 0 Å². The second-order valence-electron chi connectivity index (χ2n) is 5.89. The number of amides is 1. The van der Waals surface area contributed by atoms with Gasteiger partial charge in [-0.3, -0.25) is 0 Å². The van der Waals surface area contributed by atoms with E-state index in [1.165, 1.54) is 32.1 Å². The molecule has 0 aliphatic carbocycles. The van der Waals surface area contributed by atoms with Gasteiger partial charge in [-0.05, 0) is 18.4 Å². The third-order valence-corrected chi connectivity index (χ3v) is 3.82. The summed E-state index contributed by atoms with van der Waals surface area (Å²) >= 11 is 0. The lowest BCUT2D eigenvalue weighted by Crippen LogP contribution is -2.25. The number of unbranched alkanes of at least 4 members (excludes halogenated alkanes) is 8. The Morgan fingerprint density at radius 1 is 0.870 bits per heavy atom. The van der Waals surface area contributed by atoms with Crippen molar-refractivity contribution in [2.75, 3.05) is 13.2 Å². The number of hydrogen-bond donors (Lipinski definition) is 2. The van der Waals surface area contributed by atoms with Crippen molar-refractivity contribution in [3.05, 3.63) is 35.9 Å². The van der Waals surface area contributed by atoms with Crippen LogP contribution in [0.1, 0.15) is 63.4 Å². The zero-order valence-corrected chi connectivity index (χ0v) is 14.1. The minimum absolute atomic E-state index is 0.320. The molecule has 0 spiro atoms. The number of nitrogens with one attached hydrogen (secondary N) is 1. The van der Waals surface area contributed by atoms with Crippen LogP contribution in [0.2, 0.25) is 0 Å². The van der Waals surface area contributed by atoms with Gasteiger partial charge in [-0.25, -0.2) is 4.79 Å². The first-order valence-corrected chi connectivity index (χ1v) is 8.88. The minimum Gasteiger partial charge on any atom is -0.445 e. The van der Waals surface area contributed by atoms with E-state index >= 15 is 0 Å². The first-order valence-electron chi connectivity index (χ1n) is 8.88. The van der Waals surface area contributed by atoms with Crippen molar-refractivity contribution in [3.8, 4) is 0 Å². The van der Waals surface area contributed by atoms with Crippen LogP contribution in [-0.2, 0) is 11.3 Å². The predicted octanol–water partition coefficient (Wildman–Crippen LogP) is 4.42. The number of aliphatic hydroxyl groups excluding tert-OH is 1. The summed E-state index contributed by atoms with van der Waals surface area (Å²) < 4.78 is 5.15. The smallest absolute Gasteiger partial charge is 0.407 e. The SMILES string of the molecule is O=C(NCCCCCCCCCCCO)OCc1ccccc1. The number of hydrogen-bond acceptors (Lipinski definition) is 3. The fourth-order valence-electron chi connectivity index (χ4n) is 2.44. The Labute approximate surface area is 140 Å². The van der Waals surface area contributed by atoms with Gasteiger partial charge in [-0.15, -0.1) is 0 Å². The molecule has 4 nitrogen and oxygen atoms in total.